The van der Waals surface area contributed by atoms with Gasteiger partial charge in [0.1, 0.15) is 6.04 Å². The highest BCUT2D eigenvalue weighted by atomic mass is 35.5. The van der Waals surface area contributed by atoms with E-state index >= 15 is 0 Å². The summed E-state index contributed by atoms with van der Waals surface area (Å²) in [5, 5.41) is 1.58. The Morgan fingerprint density at radius 1 is 0.972 bits per heavy atom. The Morgan fingerprint density at radius 2 is 1.72 bits per heavy atom. The molecule has 0 bridgehead atoms. The van der Waals surface area contributed by atoms with E-state index in [1.54, 1.807) is 28.6 Å². The van der Waals surface area contributed by atoms with E-state index in [9.17, 15) is 27.6 Å². The van der Waals surface area contributed by atoms with Crippen molar-refractivity contribution in [2.75, 3.05) is 4.90 Å². The van der Waals surface area contributed by atoms with Gasteiger partial charge in [0, 0.05) is 6.20 Å². The molecule has 3 aliphatic rings. The standard InChI is InChI=1S/C26H16ClF3N2O3S/c27-16-8-7-14(26(28,29)30)12-17(16)32-24(34)19-20(25(32)35)22(23(33)18-6-3-11-36-18)31-10-9-13-4-1-2-5-15(13)21(19)31/h1-12,19-22H/t19-,20+,21?,22-/m0/s1. The third-order valence-electron chi connectivity index (χ3n) is 7.01. The molecule has 3 aliphatic heterocycles. The van der Waals surface area contributed by atoms with E-state index in [0.29, 0.717) is 10.9 Å². The molecule has 3 aromatic rings. The van der Waals surface area contributed by atoms with Crippen molar-refractivity contribution in [2.45, 2.75) is 18.3 Å². The molecule has 0 spiro atoms. The van der Waals surface area contributed by atoms with E-state index in [-0.39, 0.29) is 16.5 Å². The van der Waals surface area contributed by atoms with E-state index in [1.165, 1.54) is 11.3 Å². The number of imide groups is 1. The Labute approximate surface area is 212 Å². The van der Waals surface area contributed by atoms with Crippen LogP contribution in [0.1, 0.15) is 32.4 Å². The fraction of sp³-hybridized carbons (Fsp3) is 0.192. The predicted octanol–water partition coefficient (Wildman–Crippen LogP) is 5.82. The minimum Gasteiger partial charge on any atom is -0.358 e. The minimum atomic E-state index is -4.69. The van der Waals surface area contributed by atoms with Crippen LogP contribution in [0.3, 0.4) is 0 Å². The normalized spacial score (nSPS) is 24.7. The second kappa shape index (κ2) is 8.04. The monoisotopic (exact) mass is 528 g/mol. The number of nitrogens with zero attached hydrogens (tertiary/aromatic N) is 2. The largest absolute Gasteiger partial charge is 0.416 e. The number of thiophene rings is 1. The molecule has 2 saturated heterocycles. The lowest BCUT2D eigenvalue weighted by atomic mass is 9.84. The van der Waals surface area contributed by atoms with Gasteiger partial charge < -0.3 is 4.90 Å². The molecule has 1 aromatic heterocycles. The van der Waals surface area contributed by atoms with Gasteiger partial charge >= 0.3 is 6.18 Å². The number of amides is 2. The number of hydrogen-bond acceptors (Lipinski definition) is 5. The molecule has 6 rings (SSSR count). The lowest BCUT2D eigenvalue weighted by Crippen LogP contribution is -2.44. The maximum Gasteiger partial charge on any atom is 0.416 e. The Morgan fingerprint density at radius 3 is 2.44 bits per heavy atom. The number of fused-ring (bicyclic) bond motifs is 5. The van der Waals surface area contributed by atoms with Gasteiger partial charge in [0.2, 0.25) is 11.8 Å². The number of halogens is 4. The molecule has 5 nitrogen and oxygen atoms in total. The summed E-state index contributed by atoms with van der Waals surface area (Å²) in [5.41, 5.74) is 0.259. The first-order valence-corrected chi connectivity index (χ1v) is 12.3. The van der Waals surface area contributed by atoms with Gasteiger partial charge in [-0.2, -0.15) is 13.2 Å². The summed E-state index contributed by atoms with van der Waals surface area (Å²) < 4.78 is 40.3. The number of ketones is 1. The van der Waals surface area contributed by atoms with Crippen molar-refractivity contribution in [1.82, 2.24) is 4.90 Å². The SMILES string of the molecule is O=C(c1cccs1)[C@@H]1[C@@H]2C(=O)N(c3cc(C(F)(F)F)ccc3Cl)C(=O)[C@@H]2C2c3ccccc3C=CN21. The van der Waals surface area contributed by atoms with Gasteiger partial charge in [0.05, 0.1) is 39.0 Å². The van der Waals surface area contributed by atoms with Crippen molar-refractivity contribution in [2.24, 2.45) is 11.8 Å². The third kappa shape index (κ3) is 3.26. The molecule has 0 aliphatic carbocycles. The van der Waals surface area contributed by atoms with Crippen molar-refractivity contribution in [3.8, 4) is 0 Å². The highest BCUT2D eigenvalue weighted by Crippen LogP contribution is 2.54. The van der Waals surface area contributed by atoms with Crippen LogP contribution in [0.2, 0.25) is 5.02 Å². The minimum absolute atomic E-state index is 0.161. The number of carbonyl (C=O) groups excluding carboxylic acids is 3. The number of Topliss-reactive ketones (excluding diaryl/α,β-unsaturated/α-hetero) is 1. The Balaban J connectivity index is 1.51. The van der Waals surface area contributed by atoms with Crippen LogP contribution in [0, 0.1) is 11.8 Å². The van der Waals surface area contributed by atoms with Crippen LogP contribution >= 0.6 is 22.9 Å². The Bertz CT molecular complexity index is 1450. The summed E-state index contributed by atoms with van der Waals surface area (Å²) in [6, 6.07) is 11.6. The zero-order chi connectivity index (χ0) is 25.4. The van der Waals surface area contributed by atoms with Gasteiger partial charge in [0.15, 0.2) is 5.78 Å². The fourth-order valence-corrected chi connectivity index (χ4v) is 6.42. The van der Waals surface area contributed by atoms with Crippen LogP contribution in [0.5, 0.6) is 0 Å². The number of rotatable bonds is 3. The molecule has 2 amide bonds. The number of alkyl halides is 3. The highest BCUT2D eigenvalue weighted by molar-refractivity contribution is 7.12. The van der Waals surface area contributed by atoms with E-state index in [1.807, 2.05) is 30.3 Å². The van der Waals surface area contributed by atoms with Crippen molar-refractivity contribution in [3.05, 3.63) is 92.8 Å². The average Bonchev–Trinajstić information content (AvgIpc) is 3.55. The summed E-state index contributed by atoms with van der Waals surface area (Å²) in [6.07, 6.45) is -1.13. The van der Waals surface area contributed by atoms with E-state index < -0.39 is 47.5 Å². The molecule has 1 unspecified atom stereocenters. The van der Waals surface area contributed by atoms with Crippen molar-refractivity contribution in [1.29, 1.82) is 0 Å². The molecular formula is C26H16ClF3N2O3S. The molecular weight excluding hydrogens is 513 g/mol. The van der Waals surface area contributed by atoms with E-state index in [2.05, 4.69) is 0 Å². The summed E-state index contributed by atoms with van der Waals surface area (Å²) in [4.78, 5) is 44.2. The Kier molecular flexibility index (Phi) is 5.14. The zero-order valence-corrected chi connectivity index (χ0v) is 19.8. The Hall–Kier alpha value is -3.43. The summed E-state index contributed by atoms with van der Waals surface area (Å²) in [7, 11) is 0. The molecule has 0 N–H and O–H groups in total. The average molecular weight is 529 g/mol. The summed E-state index contributed by atoms with van der Waals surface area (Å²) >= 11 is 7.44. The molecule has 36 heavy (non-hydrogen) atoms. The van der Waals surface area contributed by atoms with Crippen molar-refractivity contribution in [3.63, 3.8) is 0 Å². The topological polar surface area (TPSA) is 57.7 Å². The lowest BCUT2D eigenvalue weighted by molar-refractivity contribution is -0.137. The number of hydrogen-bond donors (Lipinski definition) is 0. The van der Waals surface area contributed by atoms with Gasteiger partial charge in [-0.3, -0.25) is 14.4 Å². The van der Waals surface area contributed by atoms with Crippen molar-refractivity contribution >= 4 is 52.3 Å². The summed E-state index contributed by atoms with van der Waals surface area (Å²) in [6.45, 7) is 0. The lowest BCUT2D eigenvalue weighted by Gasteiger charge is -2.35. The molecule has 10 heteroatoms. The number of anilines is 1. The molecule has 0 radical (unpaired) electrons. The first kappa shape index (κ1) is 23.0. The first-order chi connectivity index (χ1) is 17.2. The smallest absolute Gasteiger partial charge is 0.358 e. The van der Waals surface area contributed by atoms with Crippen LogP contribution in [0.4, 0.5) is 18.9 Å². The van der Waals surface area contributed by atoms with Crippen LogP contribution in [-0.2, 0) is 15.8 Å². The zero-order valence-electron chi connectivity index (χ0n) is 18.3. The van der Waals surface area contributed by atoms with E-state index in [0.717, 1.165) is 28.2 Å². The van der Waals surface area contributed by atoms with Crippen LogP contribution in [-0.4, -0.2) is 28.5 Å². The fourth-order valence-electron chi connectivity index (χ4n) is 5.52. The van der Waals surface area contributed by atoms with Gasteiger partial charge in [-0.15, -0.1) is 11.3 Å². The number of carbonyl (C=O) groups is 3. The predicted molar refractivity (Wildman–Crippen MR) is 128 cm³/mol. The van der Waals surface area contributed by atoms with Crippen LogP contribution in [0.15, 0.2) is 66.2 Å². The molecule has 2 fully saturated rings. The molecule has 4 atom stereocenters. The maximum atomic E-state index is 13.8. The first-order valence-electron chi connectivity index (χ1n) is 11.1. The molecule has 182 valence electrons. The van der Waals surface area contributed by atoms with Gasteiger partial charge in [-0.05, 0) is 46.8 Å². The highest BCUT2D eigenvalue weighted by Gasteiger charge is 2.64. The van der Waals surface area contributed by atoms with Gasteiger partial charge in [0.25, 0.3) is 0 Å². The third-order valence-corrected chi connectivity index (χ3v) is 8.21. The van der Waals surface area contributed by atoms with Crippen LogP contribution in [0.25, 0.3) is 6.08 Å². The molecule has 0 saturated carbocycles. The quantitative estimate of drug-likeness (QED) is 0.317. The second-order valence-corrected chi connectivity index (χ2v) is 10.2. The molecule has 4 heterocycles. The van der Waals surface area contributed by atoms with Gasteiger partial charge in [-0.1, -0.05) is 41.9 Å². The van der Waals surface area contributed by atoms with Crippen molar-refractivity contribution < 1.29 is 27.6 Å². The van der Waals surface area contributed by atoms with Gasteiger partial charge in [-0.25, -0.2) is 4.90 Å². The van der Waals surface area contributed by atoms with Crippen LogP contribution < -0.4 is 4.90 Å². The molecule has 2 aromatic carbocycles. The second-order valence-electron chi connectivity index (χ2n) is 8.85. The maximum absolute atomic E-state index is 13.8. The number of benzene rings is 2. The van der Waals surface area contributed by atoms with E-state index in [4.69, 9.17) is 11.6 Å². The summed E-state index contributed by atoms with van der Waals surface area (Å²) in [5.74, 6) is -3.78.